The Morgan fingerprint density at radius 3 is 2.65 bits per heavy atom. The number of ether oxygens (including phenoxy) is 1. The van der Waals surface area contributed by atoms with Gasteiger partial charge in [-0.25, -0.2) is 4.98 Å². The number of carbonyl (C=O) groups is 1. The van der Waals surface area contributed by atoms with E-state index in [0.717, 1.165) is 16.9 Å². The zero-order chi connectivity index (χ0) is 18.7. The average molecular weight is 351 g/mol. The smallest absolute Gasteiger partial charge is 0.270 e. The van der Waals surface area contributed by atoms with Gasteiger partial charge in [-0.15, -0.1) is 0 Å². The molecule has 3 rings (SSSR count). The molecule has 1 amide bonds. The van der Waals surface area contributed by atoms with Crippen LogP contribution < -0.4 is 15.6 Å². The van der Waals surface area contributed by atoms with Crippen LogP contribution in [0.15, 0.2) is 53.6 Å². The topological polar surface area (TPSA) is 72.7 Å². The molecule has 0 radical (unpaired) electrons. The van der Waals surface area contributed by atoms with Gasteiger partial charge in [-0.1, -0.05) is 24.3 Å². The van der Waals surface area contributed by atoms with Crippen LogP contribution in [-0.2, 0) is 0 Å². The quantitative estimate of drug-likeness (QED) is 0.767. The molecule has 0 fully saturated rings. The van der Waals surface area contributed by atoms with Gasteiger partial charge in [0, 0.05) is 12.4 Å². The summed E-state index contributed by atoms with van der Waals surface area (Å²) in [7, 11) is 0. The summed E-state index contributed by atoms with van der Waals surface area (Å²) in [6, 6.07) is 10.9. The zero-order valence-electron chi connectivity index (χ0n) is 15.0. The third-order valence-electron chi connectivity index (χ3n) is 4.12. The highest BCUT2D eigenvalue weighted by Gasteiger charge is 2.16. The van der Waals surface area contributed by atoms with Crippen LogP contribution in [0.2, 0.25) is 0 Å². The molecular formula is C20H21N3O3. The highest BCUT2D eigenvalue weighted by atomic mass is 16.5. The van der Waals surface area contributed by atoms with Crippen LogP contribution in [0.4, 0.5) is 0 Å². The van der Waals surface area contributed by atoms with Gasteiger partial charge in [0.15, 0.2) is 0 Å². The number of aromatic nitrogens is 2. The van der Waals surface area contributed by atoms with Gasteiger partial charge in [-0.05, 0) is 44.0 Å². The van der Waals surface area contributed by atoms with Gasteiger partial charge >= 0.3 is 0 Å². The van der Waals surface area contributed by atoms with E-state index in [9.17, 15) is 9.59 Å². The first-order valence-electron chi connectivity index (χ1n) is 8.43. The van der Waals surface area contributed by atoms with E-state index in [2.05, 4.69) is 10.3 Å². The van der Waals surface area contributed by atoms with Crippen molar-refractivity contribution >= 4 is 11.6 Å². The molecule has 3 aromatic rings. The van der Waals surface area contributed by atoms with E-state index >= 15 is 0 Å². The monoisotopic (exact) mass is 351 g/mol. The number of hydrogen-bond donors (Lipinski definition) is 1. The number of rotatable bonds is 5. The Morgan fingerprint density at radius 1 is 1.19 bits per heavy atom. The lowest BCUT2D eigenvalue weighted by molar-refractivity contribution is 0.0924. The Kier molecular flexibility index (Phi) is 5.02. The number of benzene rings is 1. The molecule has 1 aromatic carbocycles. The highest BCUT2D eigenvalue weighted by molar-refractivity contribution is 5.93. The third kappa shape index (κ3) is 3.59. The Labute approximate surface area is 151 Å². The van der Waals surface area contributed by atoms with E-state index in [1.54, 1.807) is 24.4 Å². The lowest BCUT2D eigenvalue weighted by atomic mass is 10.1. The van der Waals surface area contributed by atoms with Gasteiger partial charge in [-0.2, -0.15) is 0 Å². The summed E-state index contributed by atoms with van der Waals surface area (Å²) in [5.74, 6) is 0.361. The fraction of sp³-hybridized carbons (Fsp3) is 0.250. The lowest BCUT2D eigenvalue weighted by Crippen LogP contribution is -2.39. The summed E-state index contributed by atoms with van der Waals surface area (Å²) in [5.41, 5.74) is 2.20. The minimum absolute atomic E-state index is 0.00706. The first kappa shape index (κ1) is 17.7. The van der Waals surface area contributed by atoms with E-state index in [1.807, 2.05) is 39.0 Å². The predicted molar refractivity (Wildman–Crippen MR) is 99.8 cm³/mol. The number of carbonyl (C=O) groups excluding carboxylic acids is 1. The van der Waals surface area contributed by atoms with Crippen molar-refractivity contribution in [2.45, 2.75) is 26.8 Å². The van der Waals surface area contributed by atoms with Crippen LogP contribution >= 0.6 is 0 Å². The Morgan fingerprint density at radius 2 is 1.92 bits per heavy atom. The van der Waals surface area contributed by atoms with Gasteiger partial charge in [0.05, 0.1) is 6.04 Å². The summed E-state index contributed by atoms with van der Waals surface area (Å²) in [5, 5.41) is 2.79. The molecule has 6 heteroatoms. The van der Waals surface area contributed by atoms with Crippen molar-refractivity contribution < 1.29 is 9.53 Å². The van der Waals surface area contributed by atoms with Gasteiger partial charge in [0.25, 0.3) is 11.5 Å². The SMILES string of the molecule is Cc1cccc(C)c1OC[C@H](C)NC(=O)c1cnc2ccccn2c1=O. The first-order valence-corrected chi connectivity index (χ1v) is 8.43. The van der Waals surface area contributed by atoms with Crippen molar-refractivity contribution in [1.82, 2.24) is 14.7 Å². The second kappa shape index (κ2) is 7.39. The first-order chi connectivity index (χ1) is 12.5. The van der Waals surface area contributed by atoms with Crippen molar-refractivity contribution in [2.75, 3.05) is 6.61 Å². The van der Waals surface area contributed by atoms with Crippen molar-refractivity contribution in [1.29, 1.82) is 0 Å². The largest absolute Gasteiger partial charge is 0.491 e. The summed E-state index contributed by atoms with van der Waals surface area (Å²) >= 11 is 0. The maximum absolute atomic E-state index is 12.5. The Balaban J connectivity index is 1.70. The number of nitrogens with one attached hydrogen (secondary N) is 1. The maximum atomic E-state index is 12.5. The molecular weight excluding hydrogens is 330 g/mol. The fourth-order valence-corrected chi connectivity index (χ4v) is 2.76. The van der Waals surface area contributed by atoms with Crippen molar-refractivity contribution in [3.63, 3.8) is 0 Å². The summed E-state index contributed by atoms with van der Waals surface area (Å²) in [6.07, 6.45) is 2.90. The van der Waals surface area contributed by atoms with Crippen molar-refractivity contribution in [3.05, 3.63) is 75.8 Å². The molecule has 0 aliphatic rings. The predicted octanol–water partition coefficient (Wildman–Crippen LogP) is 2.51. The van der Waals surface area contributed by atoms with Crippen LogP contribution in [-0.4, -0.2) is 27.9 Å². The number of nitrogens with zero attached hydrogens (tertiary/aromatic N) is 2. The van der Waals surface area contributed by atoms with E-state index < -0.39 is 11.5 Å². The van der Waals surface area contributed by atoms with Crippen molar-refractivity contribution in [2.24, 2.45) is 0 Å². The minimum Gasteiger partial charge on any atom is -0.491 e. The lowest BCUT2D eigenvalue weighted by Gasteiger charge is -2.17. The number of hydrogen-bond acceptors (Lipinski definition) is 4. The summed E-state index contributed by atoms with van der Waals surface area (Å²) in [6.45, 7) is 6.10. The van der Waals surface area contributed by atoms with Crippen LogP contribution in [0.3, 0.4) is 0 Å². The number of para-hydroxylation sites is 1. The summed E-state index contributed by atoms with van der Waals surface area (Å²) < 4.78 is 7.21. The van der Waals surface area contributed by atoms with Crippen LogP contribution in [0.5, 0.6) is 5.75 Å². The molecule has 0 unspecified atom stereocenters. The second-order valence-corrected chi connectivity index (χ2v) is 6.31. The molecule has 2 heterocycles. The van der Waals surface area contributed by atoms with E-state index in [1.165, 1.54) is 10.6 Å². The molecule has 0 aliphatic heterocycles. The number of fused-ring (bicyclic) bond motifs is 1. The molecule has 6 nitrogen and oxygen atoms in total. The Hall–Kier alpha value is -3.15. The molecule has 0 bridgehead atoms. The van der Waals surface area contributed by atoms with Gasteiger partial charge in [0.1, 0.15) is 23.6 Å². The number of pyridine rings is 1. The van der Waals surface area contributed by atoms with E-state index in [-0.39, 0.29) is 11.6 Å². The number of amides is 1. The molecule has 134 valence electrons. The van der Waals surface area contributed by atoms with Crippen LogP contribution in [0.1, 0.15) is 28.4 Å². The maximum Gasteiger partial charge on any atom is 0.270 e. The second-order valence-electron chi connectivity index (χ2n) is 6.31. The van der Waals surface area contributed by atoms with Crippen molar-refractivity contribution in [3.8, 4) is 5.75 Å². The van der Waals surface area contributed by atoms with E-state index in [4.69, 9.17) is 4.74 Å². The Bertz CT molecular complexity index is 990. The molecule has 1 atom stereocenters. The third-order valence-corrected chi connectivity index (χ3v) is 4.12. The summed E-state index contributed by atoms with van der Waals surface area (Å²) in [4.78, 5) is 29.1. The van der Waals surface area contributed by atoms with Gasteiger partial charge in [0.2, 0.25) is 0 Å². The molecule has 1 N–H and O–H groups in total. The number of aryl methyl sites for hydroxylation is 2. The molecule has 0 aliphatic carbocycles. The average Bonchev–Trinajstić information content (AvgIpc) is 2.61. The molecule has 26 heavy (non-hydrogen) atoms. The van der Waals surface area contributed by atoms with Crippen LogP contribution in [0, 0.1) is 13.8 Å². The fourth-order valence-electron chi connectivity index (χ4n) is 2.76. The van der Waals surface area contributed by atoms with Gasteiger partial charge < -0.3 is 10.1 Å². The van der Waals surface area contributed by atoms with Gasteiger partial charge in [-0.3, -0.25) is 14.0 Å². The molecule has 0 saturated heterocycles. The minimum atomic E-state index is -0.460. The highest BCUT2D eigenvalue weighted by Crippen LogP contribution is 2.22. The van der Waals surface area contributed by atoms with E-state index in [0.29, 0.717) is 12.3 Å². The normalized spacial score (nSPS) is 12.0. The zero-order valence-corrected chi connectivity index (χ0v) is 15.0. The molecule has 0 spiro atoms. The van der Waals surface area contributed by atoms with Crippen LogP contribution in [0.25, 0.3) is 5.65 Å². The standard InChI is InChI=1S/C20H21N3O3/c1-13-7-6-8-14(2)18(13)26-12-15(3)22-19(24)16-11-21-17-9-4-5-10-23(17)20(16)25/h4-11,15H,12H2,1-3H3,(H,22,24)/t15-/m0/s1. The molecule has 0 saturated carbocycles. The molecule has 2 aromatic heterocycles.